The zero-order chi connectivity index (χ0) is 12.1. The van der Waals surface area contributed by atoms with Gasteiger partial charge in [-0.1, -0.05) is 37.6 Å². The van der Waals surface area contributed by atoms with Gasteiger partial charge < -0.3 is 5.32 Å². The predicted molar refractivity (Wildman–Crippen MR) is 67.6 cm³/mol. The molecule has 1 aromatic rings. The molecule has 1 rings (SSSR count). The number of hydrogen-bond acceptors (Lipinski definition) is 1. The maximum atomic E-state index is 11.7. The molecule has 1 amide bonds. The highest BCUT2D eigenvalue weighted by molar-refractivity contribution is 6.30. The molecule has 88 valence electrons. The summed E-state index contributed by atoms with van der Waals surface area (Å²) in [5, 5.41) is 3.63. The number of hydrogen-bond donors (Lipinski definition) is 1. The van der Waals surface area contributed by atoms with E-state index in [9.17, 15) is 4.79 Å². The highest BCUT2D eigenvalue weighted by atomic mass is 35.5. The fourth-order valence-electron chi connectivity index (χ4n) is 1.30. The minimum atomic E-state index is 0.0449. The van der Waals surface area contributed by atoms with Crippen molar-refractivity contribution in [2.75, 3.05) is 0 Å². The Hall–Kier alpha value is -1.02. The first-order chi connectivity index (χ1) is 7.49. The summed E-state index contributed by atoms with van der Waals surface area (Å²) >= 11 is 5.85. The van der Waals surface area contributed by atoms with Crippen LogP contribution in [-0.4, -0.2) is 11.9 Å². The third-order valence-electron chi connectivity index (χ3n) is 2.64. The third-order valence-corrected chi connectivity index (χ3v) is 2.88. The molecule has 0 aliphatic heterocycles. The molecule has 0 bridgehead atoms. The number of benzene rings is 1. The van der Waals surface area contributed by atoms with Crippen LogP contribution in [0.4, 0.5) is 0 Å². The summed E-state index contributed by atoms with van der Waals surface area (Å²) in [4.78, 5) is 11.7. The Bertz CT molecular complexity index is 363. The van der Waals surface area contributed by atoms with E-state index >= 15 is 0 Å². The van der Waals surface area contributed by atoms with Crippen LogP contribution in [0.1, 0.15) is 26.3 Å². The fraction of sp³-hybridized carbons (Fsp3) is 0.462. The van der Waals surface area contributed by atoms with Crippen LogP contribution < -0.4 is 5.32 Å². The van der Waals surface area contributed by atoms with Gasteiger partial charge in [-0.3, -0.25) is 4.79 Å². The average molecular weight is 240 g/mol. The molecule has 0 heterocycles. The molecule has 0 saturated heterocycles. The van der Waals surface area contributed by atoms with Crippen molar-refractivity contribution < 1.29 is 4.79 Å². The molecule has 0 saturated carbocycles. The summed E-state index contributed by atoms with van der Waals surface area (Å²) in [7, 11) is 0. The lowest BCUT2D eigenvalue weighted by Gasteiger charge is -2.17. The first-order valence-electron chi connectivity index (χ1n) is 5.53. The molecule has 1 atom stereocenters. The molecule has 16 heavy (non-hydrogen) atoms. The van der Waals surface area contributed by atoms with E-state index in [4.69, 9.17) is 11.6 Å². The maximum Gasteiger partial charge on any atom is 0.224 e. The monoisotopic (exact) mass is 239 g/mol. The standard InChI is InChI=1S/C13H18ClNO/c1-9(2)10(3)15-13(16)8-11-5-4-6-12(14)7-11/h4-7,9-10H,8H2,1-3H3,(H,15,16)/t10-/m1/s1. The predicted octanol–water partition coefficient (Wildman–Crippen LogP) is 3.04. The van der Waals surface area contributed by atoms with Crippen molar-refractivity contribution in [3.63, 3.8) is 0 Å². The second-order valence-electron chi connectivity index (χ2n) is 4.41. The number of rotatable bonds is 4. The topological polar surface area (TPSA) is 29.1 Å². The minimum Gasteiger partial charge on any atom is -0.353 e. The largest absolute Gasteiger partial charge is 0.353 e. The molecule has 0 aromatic heterocycles. The Balaban J connectivity index is 2.52. The molecule has 1 aromatic carbocycles. The lowest BCUT2D eigenvalue weighted by Crippen LogP contribution is -2.37. The van der Waals surface area contributed by atoms with Gasteiger partial charge in [-0.25, -0.2) is 0 Å². The second-order valence-corrected chi connectivity index (χ2v) is 4.84. The van der Waals surface area contributed by atoms with Gasteiger partial charge in [0.15, 0.2) is 0 Å². The van der Waals surface area contributed by atoms with Crippen molar-refractivity contribution >= 4 is 17.5 Å². The van der Waals surface area contributed by atoms with Crippen LogP contribution in [0.2, 0.25) is 5.02 Å². The molecule has 2 nitrogen and oxygen atoms in total. The second kappa shape index (κ2) is 5.90. The Morgan fingerprint density at radius 2 is 2.06 bits per heavy atom. The first kappa shape index (κ1) is 13.0. The lowest BCUT2D eigenvalue weighted by molar-refractivity contribution is -0.121. The molecular weight excluding hydrogens is 222 g/mol. The van der Waals surface area contributed by atoms with Crippen LogP contribution in [0.5, 0.6) is 0 Å². The number of carbonyl (C=O) groups excluding carboxylic acids is 1. The lowest BCUT2D eigenvalue weighted by atomic mass is 10.1. The SMILES string of the molecule is CC(C)[C@@H](C)NC(=O)Cc1cccc(Cl)c1. The van der Waals surface area contributed by atoms with Crippen LogP contribution in [-0.2, 0) is 11.2 Å². The number of carbonyl (C=O) groups is 1. The summed E-state index contributed by atoms with van der Waals surface area (Å²) in [6, 6.07) is 7.59. The van der Waals surface area contributed by atoms with Gasteiger partial charge in [0.05, 0.1) is 6.42 Å². The normalized spacial score (nSPS) is 12.6. The average Bonchev–Trinajstić information content (AvgIpc) is 2.16. The van der Waals surface area contributed by atoms with Gasteiger partial charge in [-0.15, -0.1) is 0 Å². The van der Waals surface area contributed by atoms with E-state index in [2.05, 4.69) is 19.2 Å². The molecule has 3 heteroatoms. The minimum absolute atomic E-state index is 0.0449. The number of halogens is 1. The molecule has 0 aliphatic rings. The van der Waals surface area contributed by atoms with Crippen molar-refractivity contribution in [2.45, 2.75) is 33.2 Å². The quantitative estimate of drug-likeness (QED) is 0.860. The van der Waals surface area contributed by atoms with Crippen molar-refractivity contribution in [3.8, 4) is 0 Å². The van der Waals surface area contributed by atoms with E-state index in [0.29, 0.717) is 17.4 Å². The summed E-state index contributed by atoms with van der Waals surface area (Å²) in [5.74, 6) is 0.492. The van der Waals surface area contributed by atoms with E-state index in [1.165, 1.54) is 0 Å². The summed E-state index contributed by atoms with van der Waals surface area (Å²) < 4.78 is 0. The molecule has 1 N–H and O–H groups in total. The Kier molecular flexibility index (Phi) is 4.81. The van der Waals surface area contributed by atoms with Crippen LogP contribution in [0.25, 0.3) is 0 Å². The summed E-state index contributed by atoms with van der Waals surface area (Å²) in [5.41, 5.74) is 0.945. The summed E-state index contributed by atoms with van der Waals surface area (Å²) in [6.07, 6.45) is 0.387. The number of amides is 1. The van der Waals surface area contributed by atoms with E-state index in [1.54, 1.807) is 6.07 Å². The van der Waals surface area contributed by atoms with Crippen molar-refractivity contribution in [1.82, 2.24) is 5.32 Å². The third kappa shape index (κ3) is 4.23. The van der Waals surface area contributed by atoms with Crippen LogP contribution >= 0.6 is 11.6 Å². The van der Waals surface area contributed by atoms with Gasteiger partial charge in [0.25, 0.3) is 0 Å². The first-order valence-corrected chi connectivity index (χ1v) is 5.90. The molecular formula is C13H18ClNO. The fourth-order valence-corrected chi connectivity index (χ4v) is 1.52. The van der Waals surface area contributed by atoms with Gasteiger partial charge in [0.1, 0.15) is 0 Å². The Morgan fingerprint density at radius 3 is 2.62 bits per heavy atom. The Labute approximate surface area is 102 Å². The van der Waals surface area contributed by atoms with Crippen LogP contribution in [0.3, 0.4) is 0 Å². The highest BCUT2D eigenvalue weighted by Crippen LogP contribution is 2.11. The van der Waals surface area contributed by atoms with Crippen molar-refractivity contribution in [3.05, 3.63) is 34.9 Å². The number of nitrogens with one attached hydrogen (secondary N) is 1. The van der Waals surface area contributed by atoms with E-state index in [0.717, 1.165) is 5.56 Å². The van der Waals surface area contributed by atoms with Crippen LogP contribution in [0, 0.1) is 5.92 Å². The van der Waals surface area contributed by atoms with Crippen molar-refractivity contribution in [2.24, 2.45) is 5.92 Å². The van der Waals surface area contributed by atoms with Gasteiger partial charge in [0.2, 0.25) is 5.91 Å². The van der Waals surface area contributed by atoms with Crippen LogP contribution in [0.15, 0.2) is 24.3 Å². The smallest absolute Gasteiger partial charge is 0.224 e. The van der Waals surface area contributed by atoms with Gasteiger partial charge in [0, 0.05) is 11.1 Å². The highest BCUT2D eigenvalue weighted by Gasteiger charge is 2.10. The molecule has 0 aliphatic carbocycles. The zero-order valence-corrected chi connectivity index (χ0v) is 10.7. The van der Waals surface area contributed by atoms with E-state index < -0.39 is 0 Å². The van der Waals surface area contributed by atoms with E-state index in [1.807, 2.05) is 25.1 Å². The summed E-state index contributed by atoms with van der Waals surface area (Å²) in [6.45, 7) is 6.19. The Morgan fingerprint density at radius 1 is 1.38 bits per heavy atom. The molecule has 0 fully saturated rings. The van der Waals surface area contributed by atoms with E-state index in [-0.39, 0.29) is 11.9 Å². The zero-order valence-electron chi connectivity index (χ0n) is 9.96. The van der Waals surface area contributed by atoms with Gasteiger partial charge in [-0.2, -0.15) is 0 Å². The molecule has 0 unspecified atom stereocenters. The molecule has 0 spiro atoms. The molecule has 0 radical (unpaired) electrons. The maximum absolute atomic E-state index is 11.7. The van der Waals surface area contributed by atoms with Gasteiger partial charge in [-0.05, 0) is 30.5 Å². The van der Waals surface area contributed by atoms with Gasteiger partial charge >= 0.3 is 0 Å². The van der Waals surface area contributed by atoms with Crippen molar-refractivity contribution in [1.29, 1.82) is 0 Å².